The molecule has 5 heterocycles. The predicted molar refractivity (Wildman–Crippen MR) is 186 cm³/mol. The van der Waals surface area contributed by atoms with Gasteiger partial charge in [-0.3, -0.25) is 19.6 Å². The Morgan fingerprint density at radius 3 is 2.57 bits per heavy atom. The van der Waals surface area contributed by atoms with Gasteiger partial charge in [-0.2, -0.15) is 0 Å². The number of piperidine rings is 1. The lowest BCUT2D eigenvalue weighted by molar-refractivity contribution is -0.111. The quantitative estimate of drug-likeness (QED) is 0.241. The van der Waals surface area contributed by atoms with E-state index in [9.17, 15) is 9.18 Å². The summed E-state index contributed by atoms with van der Waals surface area (Å²) in [5.74, 6) is 1.48. The minimum absolute atomic E-state index is 0.0166. The van der Waals surface area contributed by atoms with Crippen LogP contribution in [0.2, 0.25) is 0 Å². The van der Waals surface area contributed by atoms with Gasteiger partial charge in [-0.15, -0.1) is 0 Å². The zero-order valence-corrected chi connectivity index (χ0v) is 29.5. The van der Waals surface area contributed by atoms with Crippen molar-refractivity contribution in [2.24, 2.45) is 0 Å². The van der Waals surface area contributed by atoms with Gasteiger partial charge in [0.15, 0.2) is 11.6 Å². The van der Waals surface area contributed by atoms with Crippen LogP contribution in [0.3, 0.4) is 0 Å². The van der Waals surface area contributed by atoms with Crippen LogP contribution in [-0.2, 0) is 17.7 Å². The largest absolute Gasteiger partial charge is 0.490 e. The number of carbonyl (C=O) groups excluding carboxylic acids is 1. The molecule has 2 fully saturated rings. The molecule has 0 N–H and O–H groups in total. The summed E-state index contributed by atoms with van der Waals surface area (Å²) < 4.78 is 32.9. The fraction of sp³-hybridized carbons (Fsp3) is 0.568. The fourth-order valence-corrected chi connectivity index (χ4v) is 7.23. The number of pyridine rings is 1. The highest BCUT2D eigenvalue weighted by atomic mass is 19.1. The SMILES string of the molecule is CCN(C(=O)c1cc(F)ccc1Oc1cncnc1N1CCC(Oc2ccnc3c2CN(CCCN2CC(C)(OC)C2)CC3)CC1)C(C)C. The van der Waals surface area contributed by atoms with Crippen molar-refractivity contribution >= 4 is 11.7 Å². The number of methoxy groups -OCH3 is 1. The first-order valence-corrected chi connectivity index (χ1v) is 17.6. The van der Waals surface area contributed by atoms with Crippen LogP contribution in [0.1, 0.15) is 68.6 Å². The van der Waals surface area contributed by atoms with E-state index < -0.39 is 5.82 Å². The molecule has 49 heavy (non-hydrogen) atoms. The predicted octanol–water partition coefficient (Wildman–Crippen LogP) is 5.19. The summed E-state index contributed by atoms with van der Waals surface area (Å²) in [7, 11) is 1.80. The molecule has 2 aromatic heterocycles. The van der Waals surface area contributed by atoms with Crippen LogP contribution in [0.15, 0.2) is 43.0 Å². The molecule has 3 aromatic rings. The molecule has 12 heteroatoms. The highest BCUT2D eigenvalue weighted by Crippen LogP contribution is 2.35. The van der Waals surface area contributed by atoms with Gasteiger partial charge in [0.1, 0.15) is 29.7 Å². The summed E-state index contributed by atoms with van der Waals surface area (Å²) in [5, 5.41) is 0. The van der Waals surface area contributed by atoms with E-state index in [4.69, 9.17) is 19.2 Å². The summed E-state index contributed by atoms with van der Waals surface area (Å²) in [6, 6.07) is 5.99. The summed E-state index contributed by atoms with van der Waals surface area (Å²) >= 11 is 0. The Morgan fingerprint density at radius 1 is 1.06 bits per heavy atom. The number of likely N-dealkylation sites (tertiary alicyclic amines) is 1. The van der Waals surface area contributed by atoms with Crippen molar-refractivity contribution in [1.82, 2.24) is 29.7 Å². The Morgan fingerprint density at radius 2 is 1.84 bits per heavy atom. The average Bonchev–Trinajstić information content (AvgIpc) is 3.09. The van der Waals surface area contributed by atoms with Gasteiger partial charge in [-0.1, -0.05) is 0 Å². The molecule has 11 nitrogen and oxygen atoms in total. The lowest BCUT2D eigenvalue weighted by Crippen LogP contribution is -2.61. The Balaban J connectivity index is 1.06. The summed E-state index contributed by atoms with van der Waals surface area (Å²) in [6.45, 7) is 15.9. The van der Waals surface area contributed by atoms with Crippen LogP contribution in [-0.4, -0.2) is 113 Å². The van der Waals surface area contributed by atoms with Crippen molar-refractivity contribution in [2.45, 2.75) is 77.7 Å². The topological polar surface area (TPSA) is 96.4 Å². The Bertz CT molecular complexity index is 1590. The van der Waals surface area contributed by atoms with Crippen molar-refractivity contribution in [1.29, 1.82) is 0 Å². The molecule has 2 saturated heterocycles. The first kappa shape index (κ1) is 35.0. The summed E-state index contributed by atoms with van der Waals surface area (Å²) in [5.41, 5.74) is 2.54. The lowest BCUT2D eigenvalue weighted by Gasteiger charge is -2.47. The maximum Gasteiger partial charge on any atom is 0.257 e. The summed E-state index contributed by atoms with van der Waals surface area (Å²) in [6.07, 6.45) is 8.70. The number of carbonyl (C=O) groups is 1. The molecular formula is C37H50FN7O4. The molecule has 3 aliphatic heterocycles. The van der Waals surface area contributed by atoms with Crippen molar-refractivity contribution in [2.75, 3.05) is 64.4 Å². The molecule has 6 rings (SSSR count). The van der Waals surface area contributed by atoms with E-state index in [0.29, 0.717) is 31.2 Å². The number of amides is 1. The molecule has 264 valence electrons. The first-order chi connectivity index (χ1) is 23.7. The lowest BCUT2D eigenvalue weighted by atomic mass is 9.96. The Kier molecular flexibility index (Phi) is 11.0. The van der Waals surface area contributed by atoms with Gasteiger partial charge < -0.3 is 24.0 Å². The standard InChI is InChI=1S/C37H50FN7O4/c1-6-45(26(2)3)36(46)29-20-27(38)8-9-32(29)49-34-21-39-25-41-35(34)44-18-11-28(12-19-44)48-33-10-14-40-31-13-17-42(22-30(31)33)15-7-16-43-23-37(4,24-43)47-5/h8-10,14,20-21,25-26,28H,6-7,11-13,15-19,22-24H2,1-5H3. The van der Waals surface area contributed by atoms with Gasteiger partial charge in [-0.25, -0.2) is 14.4 Å². The van der Waals surface area contributed by atoms with E-state index in [0.717, 1.165) is 76.4 Å². The van der Waals surface area contributed by atoms with Crippen LogP contribution in [0, 0.1) is 5.82 Å². The van der Waals surface area contributed by atoms with Gasteiger partial charge >= 0.3 is 0 Å². The number of aromatic nitrogens is 3. The van der Waals surface area contributed by atoms with E-state index in [1.807, 2.05) is 33.0 Å². The zero-order valence-electron chi connectivity index (χ0n) is 29.5. The average molecular weight is 676 g/mol. The second-order valence-corrected chi connectivity index (χ2v) is 13.9. The van der Waals surface area contributed by atoms with Crippen molar-refractivity contribution in [3.63, 3.8) is 0 Å². The maximum atomic E-state index is 14.3. The molecule has 0 radical (unpaired) electrons. The molecule has 1 amide bonds. The number of rotatable bonds is 13. The molecule has 0 bridgehead atoms. The molecule has 0 atom stereocenters. The molecular weight excluding hydrogens is 625 g/mol. The number of hydrogen-bond acceptors (Lipinski definition) is 10. The first-order valence-electron chi connectivity index (χ1n) is 17.6. The second kappa shape index (κ2) is 15.3. The Hall–Kier alpha value is -3.87. The van der Waals surface area contributed by atoms with E-state index in [-0.39, 0.29) is 35.0 Å². The number of ether oxygens (including phenoxy) is 3. The van der Waals surface area contributed by atoms with Gasteiger partial charge in [-0.05, 0) is 71.5 Å². The third kappa shape index (κ3) is 8.13. The van der Waals surface area contributed by atoms with E-state index in [1.54, 1.807) is 18.2 Å². The minimum Gasteiger partial charge on any atom is -0.490 e. The zero-order chi connectivity index (χ0) is 34.5. The number of fused-ring (bicyclic) bond motifs is 1. The maximum absolute atomic E-state index is 14.3. The van der Waals surface area contributed by atoms with Crippen LogP contribution < -0.4 is 14.4 Å². The van der Waals surface area contributed by atoms with Crippen molar-refractivity contribution in [3.8, 4) is 17.2 Å². The third-order valence-electron chi connectivity index (χ3n) is 10.0. The molecule has 0 saturated carbocycles. The summed E-state index contributed by atoms with van der Waals surface area (Å²) in [4.78, 5) is 35.7. The highest BCUT2D eigenvalue weighted by molar-refractivity contribution is 5.97. The number of benzene rings is 1. The van der Waals surface area contributed by atoms with E-state index >= 15 is 0 Å². The van der Waals surface area contributed by atoms with E-state index in [2.05, 4.69) is 31.6 Å². The van der Waals surface area contributed by atoms with Crippen LogP contribution in [0.25, 0.3) is 0 Å². The highest BCUT2D eigenvalue weighted by Gasteiger charge is 2.38. The monoisotopic (exact) mass is 675 g/mol. The molecule has 3 aliphatic rings. The Labute approximate surface area is 289 Å². The number of hydrogen-bond donors (Lipinski definition) is 0. The van der Waals surface area contributed by atoms with Gasteiger partial charge in [0.25, 0.3) is 5.91 Å². The number of anilines is 1. The normalized spacial score (nSPS) is 18.2. The van der Waals surface area contributed by atoms with Gasteiger partial charge in [0.2, 0.25) is 0 Å². The minimum atomic E-state index is -0.497. The van der Waals surface area contributed by atoms with Gasteiger partial charge in [0, 0.05) is 95.7 Å². The fourth-order valence-electron chi connectivity index (χ4n) is 7.23. The second-order valence-electron chi connectivity index (χ2n) is 13.9. The van der Waals surface area contributed by atoms with E-state index in [1.165, 1.54) is 30.1 Å². The van der Waals surface area contributed by atoms with Crippen molar-refractivity contribution < 1.29 is 23.4 Å². The number of halogens is 1. The van der Waals surface area contributed by atoms with Crippen LogP contribution in [0.4, 0.5) is 10.2 Å². The van der Waals surface area contributed by atoms with Crippen LogP contribution in [0.5, 0.6) is 17.2 Å². The molecule has 0 aliphatic carbocycles. The third-order valence-corrected chi connectivity index (χ3v) is 10.0. The smallest absolute Gasteiger partial charge is 0.257 e. The van der Waals surface area contributed by atoms with Gasteiger partial charge in [0.05, 0.1) is 17.4 Å². The van der Waals surface area contributed by atoms with Crippen LogP contribution >= 0.6 is 0 Å². The molecule has 1 aromatic carbocycles. The van der Waals surface area contributed by atoms with Crippen molar-refractivity contribution in [3.05, 3.63) is 65.6 Å². The molecule has 0 spiro atoms. The number of nitrogens with zero attached hydrogens (tertiary/aromatic N) is 7. The molecule has 0 unspecified atom stereocenters.